The van der Waals surface area contributed by atoms with Gasteiger partial charge in [0, 0.05) is 29.8 Å². The fraction of sp³-hybridized carbons (Fsp3) is 0.400. The summed E-state index contributed by atoms with van der Waals surface area (Å²) in [5.41, 5.74) is 2.60. The average molecular weight is 461 g/mol. The second kappa shape index (κ2) is 9.09. The number of carbonyl (C=O) groups is 1. The van der Waals surface area contributed by atoms with E-state index >= 15 is 0 Å². The van der Waals surface area contributed by atoms with E-state index in [1.54, 1.807) is 19.1 Å². The van der Waals surface area contributed by atoms with E-state index in [2.05, 4.69) is 4.90 Å². The Balaban J connectivity index is 1.46. The van der Waals surface area contributed by atoms with E-state index in [9.17, 15) is 23.1 Å². The van der Waals surface area contributed by atoms with Crippen molar-refractivity contribution in [3.63, 3.8) is 0 Å². The van der Waals surface area contributed by atoms with E-state index in [0.717, 1.165) is 29.3 Å². The maximum Gasteiger partial charge on any atom is 0.416 e. The maximum absolute atomic E-state index is 13.4. The number of ether oxygens (including phenoxy) is 2. The first-order valence-electron chi connectivity index (χ1n) is 10.8. The predicted octanol–water partition coefficient (Wildman–Crippen LogP) is 5.08. The predicted molar refractivity (Wildman–Crippen MR) is 117 cm³/mol. The van der Waals surface area contributed by atoms with Crippen molar-refractivity contribution in [1.29, 1.82) is 0 Å². The van der Waals surface area contributed by atoms with Crippen molar-refractivity contribution in [2.75, 3.05) is 26.2 Å². The quantitative estimate of drug-likeness (QED) is 0.650. The molecule has 2 aliphatic heterocycles. The molecule has 33 heavy (non-hydrogen) atoms. The number of hydrogen-bond donors (Lipinski definition) is 1. The van der Waals surface area contributed by atoms with Crippen LogP contribution in [0.25, 0.3) is 6.08 Å². The van der Waals surface area contributed by atoms with Gasteiger partial charge in [-0.05, 0) is 56.7 Å². The summed E-state index contributed by atoms with van der Waals surface area (Å²) in [4.78, 5) is 13.3. The van der Waals surface area contributed by atoms with Crippen LogP contribution in [0.1, 0.15) is 34.2 Å². The lowest BCUT2D eigenvalue weighted by atomic mass is 10.0. The van der Waals surface area contributed by atoms with Gasteiger partial charge in [0.1, 0.15) is 24.7 Å². The highest BCUT2D eigenvalue weighted by Gasteiger charge is 2.33. The number of hydrogen-bond acceptors (Lipinski definition) is 4. The molecule has 2 aliphatic rings. The van der Waals surface area contributed by atoms with E-state index in [1.165, 1.54) is 6.07 Å². The molecule has 1 unspecified atom stereocenters. The number of alkyl halides is 3. The number of aryl methyl sites for hydroxylation is 1. The van der Waals surface area contributed by atoms with Crippen molar-refractivity contribution in [2.45, 2.75) is 33.1 Å². The maximum atomic E-state index is 13.4. The van der Waals surface area contributed by atoms with Crippen LogP contribution in [0.15, 0.2) is 35.9 Å². The summed E-state index contributed by atoms with van der Waals surface area (Å²) in [7, 11) is 0. The zero-order valence-corrected chi connectivity index (χ0v) is 18.5. The average Bonchev–Trinajstić information content (AvgIpc) is 3.22. The molecule has 0 radical (unpaired) electrons. The molecule has 2 aromatic carbocycles. The Morgan fingerprint density at radius 2 is 2.03 bits per heavy atom. The molecule has 1 N–H and O–H groups in total. The van der Waals surface area contributed by atoms with Crippen LogP contribution < -0.4 is 9.47 Å². The Labute approximate surface area is 190 Å². The summed E-state index contributed by atoms with van der Waals surface area (Å²) >= 11 is 0. The Morgan fingerprint density at radius 1 is 1.24 bits per heavy atom. The van der Waals surface area contributed by atoms with Crippen LogP contribution in [0.2, 0.25) is 0 Å². The fourth-order valence-corrected chi connectivity index (χ4v) is 4.37. The summed E-state index contributed by atoms with van der Waals surface area (Å²) in [5.74, 6) is 0.0489. The van der Waals surface area contributed by atoms with Gasteiger partial charge in [0.15, 0.2) is 0 Å². The second-order valence-electron chi connectivity index (χ2n) is 8.70. The molecule has 8 heteroatoms. The van der Waals surface area contributed by atoms with E-state index in [0.29, 0.717) is 43.2 Å². The summed E-state index contributed by atoms with van der Waals surface area (Å²) in [6, 6.07) is 7.80. The van der Waals surface area contributed by atoms with Gasteiger partial charge in [0.25, 0.3) is 0 Å². The molecule has 176 valence electrons. The number of likely N-dealkylation sites (tertiary alicyclic amines) is 1. The largest absolute Gasteiger partial charge is 0.488 e. The van der Waals surface area contributed by atoms with Crippen LogP contribution >= 0.6 is 0 Å². The fourth-order valence-electron chi connectivity index (χ4n) is 4.37. The number of carboxylic acid groups (broad SMARTS) is 1. The Bertz CT molecular complexity index is 1090. The molecule has 2 heterocycles. The Morgan fingerprint density at radius 3 is 2.73 bits per heavy atom. The molecule has 0 spiro atoms. The molecule has 4 rings (SSSR count). The van der Waals surface area contributed by atoms with Crippen molar-refractivity contribution in [1.82, 2.24) is 4.90 Å². The van der Waals surface area contributed by atoms with E-state index < -0.39 is 17.7 Å². The number of benzene rings is 2. The lowest BCUT2D eigenvalue weighted by Gasteiger charge is -2.24. The molecular formula is C25H26F3NO4. The Hall–Kier alpha value is -3.00. The molecule has 0 bridgehead atoms. The van der Waals surface area contributed by atoms with Crippen molar-refractivity contribution in [2.24, 2.45) is 5.92 Å². The topological polar surface area (TPSA) is 59.0 Å². The molecule has 2 aromatic rings. The van der Waals surface area contributed by atoms with E-state index in [4.69, 9.17) is 9.47 Å². The first-order valence-corrected chi connectivity index (χ1v) is 10.8. The van der Waals surface area contributed by atoms with Crippen LogP contribution in [-0.4, -0.2) is 42.2 Å². The van der Waals surface area contributed by atoms with Crippen molar-refractivity contribution in [3.05, 3.63) is 63.7 Å². The highest BCUT2D eigenvalue weighted by atomic mass is 19.4. The third kappa shape index (κ3) is 5.16. The lowest BCUT2D eigenvalue weighted by Crippen LogP contribution is -2.27. The molecule has 1 atom stereocenters. The van der Waals surface area contributed by atoms with Crippen molar-refractivity contribution in [3.8, 4) is 11.5 Å². The van der Waals surface area contributed by atoms with Crippen LogP contribution in [-0.2, 0) is 17.6 Å². The van der Waals surface area contributed by atoms with E-state index in [-0.39, 0.29) is 18.1 Å². The molecule has 1 saturated heterocycles. The van der Waals surface area contributed by atoms with Gasteiger partial charge in [-0.2, -0.15) is 13.2 Å². The Kier molecular flexibility index (Phi) is 6.38. The second-order valence-corrected chi connectivity index (χ2v) is 8.70. The normalized spacial score (nSPS) is 18.5. The monoisotopic (exact) mass is 461 g/mol. The molecule has 0 aliphatic carbocycles. The standard InChI is InChI=1S/C25H26F3NO4/c1-15-3-4-20(21(9-15)25(26,27)28)14-32-22-6-5-18-10-17(13-33-23(18)16(22)2)11-29-8-7-19(12-29)24(30)31/h3-6,9-10,19H,7-8,11-14H2,1-2H3,(H,30,31). The molecule has 0 saturated carbocycles. The summed E-state index contributed by atoms with van der Waals surface area (Å²) in [6.07, 6.45) is -1.76. The SMILES string of the molecule is Cc1ccc(COc2ccc3c(c2C)OCC(CN2CCC(C(=O)O)C2)=C3)c(C(F)(F)F)c1. The van der Waals surface area contributed by atoms with Gasteiger partial charge in [-0.1, -0.05) is 17.7 Å². The van der Waals surface area contributed by atoms with Gasteiger partial charge >= 0.3 is 12.1 Å². The number of fused-ring (bicyclic) bond motifs is 1. The number of rotatable bonds is 6. The van der Waals surface area contributed by atoms with Crippen LogP contribution in [0, 0.1) is 19.8 Å². The number of halogens is 3. The molecule has 0 amide bonds. The van der Waals surface area contributed by atoms with Gasteiger partial charge < -0.3 is 14.6 Å². The van der Waals surface area contributed by atoms with Gasteiger partial charge in [-0.3, -0.25) is 9.69 Å². The number of aliphatic carboxylic acids is 1. The van der Waals surface area contributed by atoms with E-state index in [1.807, 2.05) is 19.1 Å². The number of carboxylic acids is 1. The molecular weight excluding hydrogens is 435 g/mol. The minimum absolute atomic E-state index is 0.0820. The smallest absolute Gasteiger partial charge is 0.416 e. The summed E-state index contributed by atoms with van der Waals surface area (Å²) < 4.78 is 51.9. The summed E-state index contributed by atoms with van der Waals surface area (Å²) in [5, 5.41) is 9.17. The third-order valence-corrected chi connectivity index (χ3v) is 6.15. The van der Waals surface area contributed by atoms with Gasteiger partial charge in [0.05, 0.1) is 11.5 Å². The number of nitrogens with zero attached hydrogens (tertiary/aromatic N) is 1. The zero-order chi connectivity index (χ0) is 23.8. The zero-order valence-electron chi connectivity index (χ0n) is 18.5. The van der Waals surface area contributed by atoms with Gasteiger partial charge in [-0.15, -0.1) is 0 Å². The lowest BCUT2D eigenvalue weighted by molar-refractivity contribution is -0.141. The third-order valence-electron chi connectivity index (χ3n) is 6.15. The molecule has 5 nitrogen and oxygen atoms in total. The van der Waals surface area contributed by atoms with Crippen molar-refractivity contribution >= 4 is 12.0 Å². The minimum Gasteiger partial charge on any atom is -0.488 e. The first kappa shape index (κ1) is 23.2. The van der Waals surface area contributed by atoms with Gasteiger partial charge in [-0.25, -0.2) is 0 Å². The highest BCUT2D eigenvalue weighted by molar-refractivity contribution is 5.70. The highest BCUT2D eigenvalue weighted by Crippen LogP contribution is 2.37. The van der Waals surface area contributed by atoms with Crippen LogP contribution in [0.4, 0.5) is 13.2 Å². The molecule has 1 fully saturated rings. The van der Waals surface area contributed by atoms with Crippen LogP contribution in [0.3, 0.4) is 0 Å². The van der Waals surface area contributed by atoms with Crippen molar-refractivity contribution < 1.29 is 32.5 Å². The summed E-state index contributed by atoms with van der Waals surface area (Å²) in [6.45, 7) is 5.55. The van der Waals surface area contributed by atoms with Crippen LogP contribution in [0.5, 0.6) is 11.5 Å². The molecule has 0 aromatic heterocycles. The minimum atomic E-state index is -4.44. The van der Waals surface area contributed by atoms with Gasteiger partial charge in [0.2, 0.25) is 0 Å². The first-order chi connectivity index (χ1) is 15.6.